The van der Waals surface area contributed by atoms with Gasteiger partial charge in [0, 0.05) is 5.02 Å². The second kappa shape index (κ2) is 8.82. The van der Waals surface area contributed by atoms with Crippen molar-refractivity contribution >= 4 is 51.9 Å². The van der Waals surface area contributed by atoms with E-state index >= 15 is 0 Å². The number of methoxy groups -OCH3 is 1. The van der Waals surface area contributed by atoms with E-state index in [1.165, 1.54) is 0 Å². The molecule has 0 aliphatic carbocycles. The summed E-state index contributed by atoms with van der Waals surface area (Å²) in [5, 5.41) is 12.5. The van der Waals surface area contributed by atoms with Gasteiger partial charge in [-0.15, -0.1) is 0 Å². The molecule has 3 rings (SSSR count). The molecule has 3 aromatic rings. The van der Waals surface area contributed by atoms with E-state index in [9.17, 15) is 0 Å². The molecule has 0 fully saturated rings. The molecule has 0 amide bonds. The fourth-order valence-corrected chi connectivity index (χ4v) is 3.38. The summed E-state index contributed by atoms with van der Waals surface area (Å²) >= 11 is 17.7. The van der Waals surface area contributed by atoms with Crippen molar-refractivity contribution < 1.29 is 4.74 Å². The first-order valence-electron chi connectivity index (χ1n) is 8.57. The van der Waals surface area contributed by atoms with E-state index in [-0.39, 0.29) is 0 Å². The van der Waals surface area contributed by atoms with Gasteiger partial charge in [0.05, 0.1) is 41.4 Å². The molecule has 2 aromatic carbocycles. The molecule has 5 nitrogen and oxygen atoms in total. The Morgan fingerprint density at radius 1 is 1.14 bits per heavy atom. The van der Waals surface area contributed by atoms with E-state index in [0.29, 0.717) is 27.4 Å². The molecule has 0 spiro atoms. The summed E-state index contributed by atoms with van der Waals surface area (Å²) in [5.41, 5.74) is 4.43. The Labute approximate surface area is 179 Å². The van der Waals surface area contributed by atoms with Crippen molar-refractivity contribution in [1.82, 2.24) is 9.78 Å². The zero-order chi connectivity index (χ0) is 20.3. The molecule has 0 saturated heterocycles. The molecular formula is C20H20Cl2N4OS. The van der Waals surface area contributed by atoms with Crippen LogP contribution in [0.4, 0.5) is 11.4 Å². The number of hydrogen-bond acceptors (Lipinski definition) is 3. The van der Waals surface area contributed by atoms with Gasteiger partial charge in [-0.2, -0.15) is 5.10 Å². The lowest BCUT2D eigenvalue weighted by Crippen LogP contribution is -2.20. The van der Waals surface area contributed by atoms with Gasteiger partial charge >= 0.3 is 0 Å². The smallest absolute Gasteiger partial charge is 0.175 e. The van der Waals surface area contributed by atoms with E-state index in [1.54, 1.807) is 25.3 Å². The zero-order valence-electron chi connectivity index (χ0n) is 15.7. The van der Waals surface area contributed by atoms with Crippen molar-refractivity contribution in [3.63, 3.8) is 0 Å². The van der Waals surface area contributed by atoms with Crippen LogP contribution in [0.1, 0.15) is 17.0 Å². The summed E-state index contributed by atoms with van der Waals surface area (Å²) < 4.78 is 7.22. The molecule has 8 heteroatoms. The third kappa shape index (κ3) is 4.76. The van der Waals surface area contributed by atoms with Gasteiger partial charge in [0.15, 0.2) is 5.11 Å². The Bertz CT molecular complexity index is 1020. The second-order valence-electron chi connectivity index (χ2n) is 6.26. The number of nitrogens with one attached hydrogen (secondary N) is 2. The number of aromatic nitrogens is 2. The van der Waals surface area contributed by atoms with Crippen LogP contribution in [0, 0.1) is 13.8 Å². The van der Waals surface area contributed by atoms with Crippen LogP contribution < -0.4 is 15.4 Å². The molecule has 2 N–H and O–H groups in total. The molecule has 0 saturated carbocycles. The Kier molecular flexibility index (Phi) is 6.44. The van der Waals surface area contributed by atoms with E-state index in [2.05, 4.69) is 15.7 Å². The van der Waals surface area contributed by atoms with Crippen molar-refractivity contribution in [1.29, 1.82) is 0 Å². The van der Waals surface area contributed by atoms with Crippen molar-refractivity contribution in [2.75, 3.05) is 17.7 Å². The molecule has 146 valence electrons. The van der Waals surface area contributed by atoms with E-state index in [0.717, 1.165) is 28.4 Å². The molecule has 0 aliphatic rings. The van der Waals surface area contributed by atoms with Crippen LogP contribution in [-0.4, -0.2) is 22.0 Å². The monoisotopic (exact) mass is 434 g/mol. The van der Waals surface area contributed by atoms with E-state index < -0.39 is 0 Å². The quantitative estimate of drug-likeness (QED) is 0.506. The van der Waals surface area contributed by atoms with E-state index in [1.807, 2.05) is 42.8 Å². The number of halogens is 2. The molecule has 0 bridgehead atoms. The number of ether oxygens (including phenoxy) is 1. The summed E-state index contributed by atoms with van der Waals surface area (Å²) in [4.78, 5) is 0. The fourth-order valence-electron chi connectivity index (χ4n) is 2.84. The predicted molar refractivity (Wildman–Crippen MR) is 120 cm³/mol. The lowest BCUT2D eigenvalue weighted by molar-refractivity contribution is 0.414. The summed E-state index contributed by atoms with van der Waals surface area (Å²) in [5.74, 6) is 0.821. The topological polar surface area (TPSA) is 51.1 Å². The number of nitrogens with zero attached hydrogens (tertiary/aromatic N) is 2. The van der Waals surface area contributed by atoms with Gasteiger partial charge in [-0.3, -0.25) is 4.68 Å². The van der Waals surface area contributed by atoms with Crippen LogP contribution in [0.2, 0.25) is 10.0 Å². The van der Waals surface area contributed by atoms with E-state index in [4.69, 9.17) is 40.2 Å². The minimum Gasteiger partial charge on any atom is -0.497 e. The first-order chi connectivity index (χ1) is 13.4. The van der Waals surface area contributed by atoms with Crippen molar-refractivity contribution in [2.24, 2.45) is 0 Å². The van der Waals surface area contributed by atoms with Gasteiger partial charge in [-0.05, 0) is 62.0 Å². The molecule has 0 radical (unpaired) electrons. The third-order valence-corrected chi connectivity index (χ3v) is 5.03. The standard InChI is InChI=1S/C20H20Cl2N4OS/c1-12-19(24-20(28)23-18-10-15(21)7-8-17(18)22)13(2)26(25-12)11-14-5-4-6-16(9-14)27-3/h4-10H,11H2,1-3H3,(H2,23,24,28). The highest BCUT2D eigenvalue weighted by atomic mass is 35.5. The predicted octanol–water partition coefficient (Wildman–Crippen LogP) is 5.67. The molecule has 1 heterocycles. The van der Waals surface area contributed by atoms with Gasteiger partial charge < -0.3 is 15.4 Å². The molecule has 1 aromatic heterocycles. The average molecular weight is 435 g/mol. The number of benzene rings is 2. The average Bonchev–Trinajstić information content (AvgIpc) is 2.92. The Hall–Kier alpha value is -2.28. The van der Waals surface area contributed by atoms with Crippen LogP contribution in [0.25, 0.3) is 0 Å². The first-order valence-corrected chi connectivity index (χ1v) is 9.74. The normalized spacial score (nSPS) is 10.6. The summed E-state index contributed by atoms with van der Waals surface area (Å²) in [6.07, 6.45) is 0. The molecule has 28 heavy (non-hydrogen) atoms. The van der Waals surface area contributed by atoms with Gasteiger partial charge in [-0.25, -0.2) is 0 Å². The fraction of sp³-hybridized carbons (Fsp3) is 0.200. The molecule has 0 aliphatic heterocycles. The van der Waals surface area contributed by atoms with Gasteiger partial charge in [0.1, 0.15) is 5.75 Å². The first kappa shape index (κ1) is 20.5. The van der Waals surface area contributed by atoms with Crippen LogP contribution in [-0.2, 0) is 6.54 Å². The van der Waals surface area contributed by atoms with Crippen molar-refractivity contribution in [3.8, 4) is 5.75 Å². The summed E-state index contributed by atoms with van der Waals surface area (Å²) in [6, 6.07) is 13.1. The van der Waals surface area contributed by atoms with Crippen LogP contribution in [0.15, 0.2) is 42.5 Å². The summed E-state index contributed by atoms with van der Waals surface area (Å²) in [7, 11) is 1.66. The third-order valence-electron chi connectivity index (χ3n) is 4.26. The van der Waals surface area contributed by atoms with Gasteiger partial charge in [0.2, 0.25) is 0 Å². The highest BCUT2D eigenvalue weighted by Crippen LogP contribution is 2.26. The Balaban J connectivity index is 1.76. The number of anilines is 2. The Morgan fingerprint density at radius 2 is 1.93 bits per heavy atom. The lowest BCUT2D eigenvalue weighted by atomic mass is 10.2. The number of thiocarbonyl (C=S) groups is 1. The zero-order valence-corrected chi connectivity index (χ0v) is 18.0. The maximum atomic E-state index is 6.19. The van der Waals surface area contributed by atoms with Crippen molar-refractivity contribution in [3.05, 3.63) is 69.5 Å². The highest BCUT2D eigenvalue weighted by molar-refractivity contribution is 7.80. The van der Waals surface area contributed by atoms with Crippen LogP contribution in [0.3, 0.4) is 0 Å². The van der Waals surface area contributed by atoms with Crippen LogP contribution in [0.5, 0.6) is 5.75 Å². The lowest BCUT2D eigenvalue weighted by Gasteiger charge is -2.13. The van der Waals surface area contributed by atoms with Crippen LogP contribution >= 0.6 is 35.4 Å². The molecule has 0 unspecified atom stereocenters. The number of hydrogen-bond donors (Lipinski definition) is 2. The largest absolute Gasteiger partial charge is 0.497 e. The highest BCUT2D eigenvalue weighted by Gasteiger charge is 2.14. The molecule has 0 atom stereocenters. The molecular weight excluding hydrogens is 415 g/mol. The second-order valence-corrected chi connectivity index (χ2v) is 7.51. The number of rotatable bonds is 5. The summed E-state index contributed by atoms with van der Waals surface area (Å²) in [6.45, 7) is 4.57. The van der Waals surface area contributed by atoms with Gasteiger partial charge in [-0.1, -0.05) is 35.3 Å². The Morgan fingerprint density at radius 3 is 2.68 bits per heavy atom. The number of aryl methyl sites for hydroxylation is 1. The minimum atomic E-state index is 0.413. The minimum absolute atomic E-state index is 0.413. The van der Waals surface area contributed by atoms with Crippen molar-refractivity contribution in [2.45, 2.75) is 20.4 Å². The van der Waals surface area contributed by atoms with Gasteiger partial charge in [0.25, 0.3) is 0 Å². The maximum Gasteiger partial charge on any atom is 0.175 e. The SMILES string of the molecule is COc1cccc(Cn2nc(C)c(NC(=S)Nc3cc(Cl)ccc3Cl)c2C)c1. The maximum absolute atomic E-state index is 6.19.